The van der Waals surface area contributed by atoms with Crippen LogP contribution in [0.4, 0.5) is 5.69 Å². The molecule has 2 N–H and O–H groups in total. The zero-order chi connectivity index (χ0) is 13.0. The Labute approximate surface area is 102 Å². The first-order chi connectivity index (χ1) is 8.04. The van der Waals surface area contributed by atoms with Crippen molar-refractivity contribution in [3.05, 3.63) is 23.3 Å². The third-order valence-corrected chi connectivity index (χ3v) is 2.95. The van der Waals surface area contributed by atoms with Gasteiger partial charge in [0.2, 0.25) is 0 Å². The molecule has 4 heteroatoms. The highest BCUT2D eigenvalue weighted by Gasteiger charge is 2.18. The molecule has 1 aromatic rings. The van der Waals surface area contributed by atoms with E-state index in [1.165, 1.54) is 0 Å². The lowest BCUT2D eigenvalue weighted by Crippen LogP contribution is -2.38. The molecule has 0 unspecified atom stereocenters. The lowest BCUT2D eigenvalue weighted by Gasteiger charge is -2.29. The van der Waals surface area contributed by atoms with E-state index >= 15 is 0 Å². The molecule has 0 aliphatic heterocycles. The van der Waals surface area contributed by atoms with Crippen LogP contribution in [-0.4, -0.2) is 43.6 Å². The second-order valence-electron chi connectivity index (χ2n) is 4.26. The molecule has 0 saturated heterocycles. The number of aliphatic hydroxyl groups excluding tert-OH is 2. The average molecular weight is 239 g/mol. The first-order valence-electron chi connectivity index (χ1n) is 5.65. The minimum absolute atomic E-state index is 0.0941. The minimum Gasteiger partial charge on any atom is -0.494 e. The molecule has 17 heavy (non-hydrogen) atoms. The van der Waals surface area contributed by atoms with Gasteiger partial charge in [0.1, 0.15) is 5.75 Å². The fourth-order valence-electron chi connectivity index (χ4n) is 1.96. The summed E-state index contributed by atoms with van der Waals surface area (Å²) < 4.78 is 5.39. The van der Waals surface area contributed by atoms with Crippen LogP contribution in [0.15, 0.2) is 12.1 Å². The van der Waals surface area contributed by atoms with Gasteiger partial charge >= 0.3 is 0 Å². The highest BCUT2D eigenvalue weighted by Crippen LogP contribution is 2.33. The molecule has 0 aliphatic rings. The molecule has 96 valence electrons. The summed E-state index contributed by atoms with van der Waals surface area (Å²) in [6.07, 6.45) is 0. The quantitative estimate of drug-likeness (QED) is 0.808. The van der Waals surface area contributed by atoms with Gasteiger partial charge in [0, 0.05) is 7.05 Å². The van der Waals surface area contributed by atoms with Crippen LogP contribution in [0.5, 0.6) is 5.75 Å². The number of rotatable bonds is 5. The second-order valence-corrected chi connectivity index (χ2v) is 4.26. The van der Waals surface area contributed by atoms with E-state index in [-0.39, 0.29) is 19.3 Å². The molecule has 4 nitrogen and oxygen atoms in total. The van der Waals surface area contributed by atoms with E-state index in [2.05, 4.69) is 0 Å². The number of hydrogen-bond acceptors (Lipinski definition) is 4. The molecule has 1 rings (SSSR count). The summed E-state index contributed by atoms with van der Waals surface area (Å²) in [4.78, 5) is 1.85. The van der Waals surface area contributed by atoms with Crippen LogP contribution in [0.3, 0.4) is 0 Å². The number of hydrogen-bond donors (Lipinski definition) is 2. The molecule has 0 amide bonds. The van der Waals surface area contributed by atoms with Crippen molar-refractivity contribution < 1.29 is 14.9 Å². The lowest BCUT2D eigenvalue weighted by molar-refractivity contribution is 0.190. The van der Waals surface area contributed by atoms with E-state index in [1.54, 1.807) is 7.11 Å². The van der Waals surface area contributed by atoms with Crippen LogP contribution in [0.2, 0.25) is 0 Å². The Hall–Kier alpha value is -1.26. The van der Waals surface area contributed by atoms with Gasteiger partial charge in [0.05, 0.1) is 32.1 Å². The van der Waals surface area contributed by atoms with Crippen molar-refractivity contribution in [1.82, 2.24) is 0 Å². The molecule has 0 spiro atoms. The standard InChI is InChI=1S/C13H21NO3/c1-9-5-10(2)13(17-4)12(6-9)14(3)11(7-15)8-16/h5-6,11,15-16H,7-8H2,1-4H3. The number of aliphatic hydroxyl groups is 2. The number of likely N-dealkylation sites (N-methyl/N-ethyl adjacent to an activating group) is 1. The van der Waals surface area contributed by atoms with Gasteiger partial charge in [-0.2, -0.15) is 0 Å². The molecule has 1 aromatic carbocycles. The molecule has 0 aliphatic carbocycles. The highest BCUT2D eigenvalue weighted by atomic mass is 16.5. The van der Waals surface area contributed by atoms with Crippen LogP contribution in [-0.2, 0) is 0 Å². The first kappa shape index (κ1) is 13.8. The van der Waals surface area contributed by atoms with E-state index < -0.39 is 0 Å². The Bertz CT molecular complexity index is 375. The molecular weight excluding hydrogens is 218 g/mol. The number of methoxy groups -OCH3 is 1. The zero-order valence-electron chi connectivity index (χ0n) is 10.9. The van der Waals surface area contributed by atoms with Crippen molar-refractivity contribution in [2.75, 3.05) is 32.3 Å². The smallest absolute Gasteiger partial charge is 0.145 e. The predicted octanol–water partition coefficient (Wildman–Crippen LogP) is 1.10. The fourth-order valence-corrected chi connectivity index (χ4v) is 1.96. The fraction of sp³-hybridized carbons (Fsp3) is 0.538. The number of benzene rings is 1. The average Bonchev–Trinajstić information content (AvgIpc) is 2.29. The molecule has 0 bridgehead atoms. The molecule has 0 radical (unpaired) electrons. The Morgan fingerprint density at radius 3 is 2.29 bits per heavy atom. The Kier molecular flexibility index (Phi) is 4.78. The van der Waals surface area contributed by atoms with Gasteiger partial charge in [0.15, 0.2) is 0 Å². The molecule has 0 heterocycles. The molecule has 0 atom stereocenters. The summed E-state index contributed by atoms with van der Waals surface area (Å²) in [6, 6.07) is 3.72. The minimum atomic E-state index is -0.315. The van der Waals surface area contributed by atoms with Crippen LogP contribution >= 0.6 is 0 Å². The largest absolute Gasteiger partial charge is 0.494 e. The van der Waals surface area contributed by atoms with Crippen LogP contribution in [0, 0.1) is 13.8 Å². The third-order valence-electron chi connectivity index (χ3n) is 2.95. The first-order valence-corrected chi connectivity index (χ1v) is 5.65. The second kappa shape index (κ2) is 5.89. The molecule has 0 fully saturated rings. The number of aryl methyl sites for hydroxylation is 2. The molecule has 0 saturated carbocycles. The van der Waals surface area contributed by atoms with E-state index in [9.17, 15) is 10.2 Å². The Morgan fingerprint density at radius 1 is 1.24 bits per heavy atom. The van der Waals surface area contributed by atoms with Gasteiger partial charge in [-0.25, -0.2) is 0 Å². The summed E-state index contributed by atoms with van der Waals surface area (Å²) in [6.45, 7) is 3.80. The zero-order valence-corrected chi connectivity index (χ0v) is 10.9. The lowest BCUT2D eigenvalue weighted by atomic mass is 10.1. The van der Waals surface area contributed by atoms with E-state index in [4.69, 9.17) is 4.74 Å². The van der Waals surface area contributed by atoms with Crippen molar-refractivity contribution in [3.63, 3.8) is 0 Å². The maximum atomic E-state index is 9.22. The van der Waals surface area contributed by atoms with Gasteiger partial charge in [-0.15, -0.1) is 0 Å². The van der Waals surface area contributed by atoms with Crippen molar-refractivity contribution >= 4 is 5.69 Å². The van der Waals surface area contributed by atoms with Crippen molar-refractivity contribution in [2.45, 2.75) is 19.9 Å². The summed E-state index contributed by atoms with van der Waals surface area (Å²) in [5.41, 5.74) is 3.06. The third kappa shape index (κ3) is 2.90. The maximum absolute atomic E-state index is 9.22. The van der Waals surface area contributed by atoms with E-state index in [0.717, 1.165) is 22.6 Å². The van der Waals surface area contributed by atoms with Gasteiger partial charge in [-0.05, 0) is 31.0 Å². The van der Waals surface area contributed by atoms with E-state index in [1.807, 2.05) is 37.9 Å². The van der Waals surface area contributed by atoms with Gasteiger partial charge in [-0.3, -0.25) is 0 Å². The van der Waals surface area contributed by atoms with Crippen molar-refractivity contribution in [2.24, 2.45) is 0 Å². The van der Waals surface area contributed by atoms with Gasteiger partial charge in [0.25, 0.3) is 0 Å². The Balaban J connectivity index is 3.19. The van der Waals surface area contributed by atoms with Crippen LogP contribution in [0.25, 0.3) is 0 Å². The summed E-state index contributed by atoms with van der Waals surface area (Å²) in [7, 11) is 3.47. The monoisotopic (exact) mass is 239 g/mol. The van der Waals surface area contributed by atoms with Crippen LogP contribution < -0.4 is 9.64 Å². The molecular formula is C13H21NO3. The summed E-state index contributed by atoms with van der Waals surface area (Å²) >= 11 is 0. The number of nitrogens with zero attached hydrogens (tertiary/aromatic N) is 1. The van der Waals surface area contributed by atoms with Crippen molar-refractivity contribution in [3.8, 4) is 5.75 Å². The predicted molar refractivity (Wildman–Crippen MR) is 68.8 cm³/mol. The van der Waals surface area contributed by atoms with Gasteiger partial charge < -0.3 is 19.8 Å². The number of anilines is 1. The number of ether oxygens (including phenoxy) is 1. The highest BCUT2D eigenvalue weighted by molar-refractivity contribution is 5.63. The summed E-state index contributed by atoms with van der Waals surface area (Å²) in [5.74, 6) is 0.782. The topological polar surface area (TPSA) is 52.9 Å². The summed E-state index contributed by atoms with van der Waals surface area (Å²) in [5, 5.41) is 18.4. The maximum Gasteiger partial charge on any atom is 0.145 e. The Morgan fingerprint density at radius 2 is 1.82 bits per heavy atom. The van der Waals surface area contributed by atoms with Crippen LogP contribution in [0.1, 0.15) is 11.1 Å². The van der Waals surface area contributed by atoms with E-state index in [0.29, 0.717) is 0 Å². The SMILES string of the molecule is COc1c(C)cc(C)cc1N(C)C(CO)CO. The molecule has 0 aromatic heterocycles. The van der Waals surface area contributed by atoms with Gasteiger partial charge in [-0.1, -0.05) is 6.07 Å². The van der Waals surface area contributed by atoms with Crippen molar-refractivity contribution in [1.29, 1.82) is 0 Å². The normalized spacial score (nSPS) is 10.8.